The molecule has 1 heterocycles. The van der Waals surface area contributed by atoms with Gasteiger partial charge in [0.25, 0.3) is 0 Å². The van der Waals surface area contributed by atoms with Crippen molar-refractivity contribution in [2.24, 2.45) is 5.41 Å². The summed E-state index contributed by atoms with van der Waals surface area (Å²) < 4.78 is 5.85. The highest BCUT2D eigenvalue weighted by Crippen LogP contribution is 2.63. The molecule has 72 valence electrons. The van der Waals surface area contributed by atoms with Gasteiger partial charge in [-0.25, -0.2) is 0 Å². The molecule has 0 N–H and O–H groups in total. The van der Waals surface area contributed by atoms with Gasteiger partial charge in [0.15, 0.2) is 5.78 Å². The van der Waals surface area contributed by atoms with Crippen molar-refractivity contribution in [2.45, 2.75) is 25.9 Å². The minimum absolute atomic E-state index is 0.238. The van der Waals surface area contributed by atoms with Crippen LogP contribution >= 0.6 is 0 Å². The van der Waals surface area contributed by atoms with Gasteiger partial charge in [-0.2, -0.15) is 0 Å². The van der Waals surface area contributed by atoms with Crippen LogP contribution in [0.5, 0.6) is 5.75 Å². The molecule has 1 aromatic carbocycles. The summed E-state index contributed by atoms with van der Waals surface area (Å²) in [5.74, 6) is 0.983. The topological polar surface area (TPSA) is 26.3 Å². The zero-order chi connectivity index (χ0) is 9.97. The lowest BCUT2D eigenvalue weighted by molar-refractivity contribution is 0.0729. The van der Waals surface area contributed by atoms with E-state index in [1.165, 1.54) is 0 Å². The molecule has 1 saturated carbocycles. The summed E-state index contributed by atoms with van der Waals surface area (Å²) in [6.45, 7) is 4.01. The molecule has 2 heteroatoms. The van der Waals surface area contributed by atoms with Crippen LogP contribution in [0.15, 0.2) is 24.3 Å². The number of rotatable bonds is 0. The van der Waals surface area contributed by atoms with Crippen molar-refractivity contribution < 1.29 is 9.53 Å². The minimum atomic E-state index is -0.276. The largest absolute Gasteiger partial charge is 0.486 e. The van der Waals surface area contributed by atoms with Gasteiger partial charge < -0.3 is 4.74 Å². The van der Waals surface area contributed by atoms with Crippen LogP contribution in [-0.2, 0) is 0 Å². The summed E-state index contributed by atoms with van der Waals surface area (Å²) in [5.41, 5.74) is 0.213. The van der Waals surface area contributed by atoms with Crippen LogP contribution < -0.4 is 4.74 Å². The first-order valence-electron chi connectivity index (χ1n) is 4.90. The number of ketones is 1. The maximum absolute atomic E-state index is 12.1. The molecule has 2 unspecified atom stereocenters. The van der Waals surface area contributed by atoms with Crippen LogP contribution in [0.2, 0.25) is 0 Å². The lowest BCUT2D eigenvalue weighted by atomic mass is 9.90. The number of carbonyl (C=O) groups is 1. The van der Waals surface area contributed by atoms with Crippen LogP contribution in [0.3, 0.4) is 0 Å². The second-order valence-corrected chi connectivity index (χ2v) is 4.67. The van der Waals surface area contributed by atoms with E-state index in [0.717, 1.165) is 17.7 Å². The molecule has 1 aliphatic carbocycles. The molecule has 3 rings (SSSR count). The van der Waals surface area contributed by atoms with E-state index in [1.54, 1.807) is 0 Å². The molecular weight excluding hydrogens is 176 g/mol. The molecular formula is C12H12O2. The Morgan fingerprint density at radius 2 is 2.00 bits per heavy atom. The van der Waals surface area contributed by atoms with Crippen molar-refractivity contribution in [3.05, 3.63) is 29.8 Å². The van der Waals surface area contributed by atoms with Crippen molar-refractivity contribution in [3.8, 4) is 5.75 Å². The van der Waals surface area contributed by atoms with Crippen molar-refractivity contribution in [3.63, 3.8) is 0 Å². The highest BCUT2D eigenvalue weighted by molar-refractivity contribution is 6.06. The van der Waals surface area contributed by atoms with E-state index < -0.39 is 0 Å². The van der Waals surface area contributed by atoms with Crippen LogP contribution in [0.4, 0.5) is 0 Å². The first kappa shape index (κ1) is 8.04. The minimum Gasteiger partial charge on any atom is -0.486 e. The summed E-state index contributed by atoms with van der Waals surface area (Å²) >= 11 is 0. The highest BCUT2D eigenvalue weighted by Gasteiger charge is 2.70. The summed E-state index contributed by atoms with van der Waals surface area (Å²) in [4.78, 5) is 12.1. The van der Waals surface area contributed by atoms with E-state index in [1.807, 2.05) is 38.1 Å². The molecule has 2 aliphatic rings. The first-order valence-corrected chi connectivity index (χ1v) is 4.90. The number of fused-ring (bicyclic) bond motifs is 2. The number of carbonyl (C=O) groups excluding carboxylic acids is 1. The molecule has 0 spiro atoms. The Morgan fingerprint density at radius 3 is 2.79 bits per heavy atom. The Morgan fingerprint density at radius 1 is 1.29 bits per heavy atom. The van der Waals surface area contributed by atoms with Crippen molar-refractivity contribution in [1.82, 2.24) is 0 Å². The van der Waals surface area contributed by atoms with Gasteiger partial charge in [-0.05, 0) is 26.0 Å². The number of para-hydroxylation sites is 1. The van der Waals surface area contributed by atoms with Crippen LogP contribution in [0.1, 0.15) is 30.6 Å². The van der Waals surface area contributed by atoms with Crippen molar-refractivity contribution in [2.75, 3.05) is 0 Å². The van der Waals surface area contributed by atoms with Gasteiger partial charge in [-0.3, -0.25) is 4.79 Å². The van der Waals surface area contributed by atoms with E-state index in [2.05, 4.69) is 0 Å². The third-order valence-electron chi connectivity index (χ3n) is 3.70. The summed E-state index contributed by atoms with van der Waals surface area (Å²) in [5, 5.41) is 0. The molecule has 0 radical (unpaired) electrons. The summed E-state index contributed by atoms with van der Waals surface area (Å²) in [6, 6.07) is 7.51. The number of hydrogen-bond acceptors (Lipinski definition) is 2. The number of benzene rings is 1. The van der Waals surface area contributed by atoms with E-state index in [9.17, 15) is 4.79 Å². The van der Waals surface area contributed by atoms with Crippen LogP contribution in [0.25, 0.3) is 0 Å². The van der Waals surface area contributed by atoms with Gasteiger partial charge >= 0.3 is 0 Å². The van der Waals surface area contributed by atoms with E-state index in [-0.39, 0.29) is 16.8 Å². The maximum Gasteiger partial charge on any atom is 0.176 e. The van der Waals surface area contributed by atoms with E-state index >= 15 is 0 Å². The van der Waals surface area contributed by atoms with Crippen molar-refractivity contribution >= 4 is 5.78 Å². The van der Waals surface area contributed by atoms with Crippen molar-refractivity contribution in [1.29, 1.82) is 0 Å². The predicted octanol–water partition coefficient (Wildman–Crippen LogP) is 2.43. The fraction of sp³-hybridized carbons (Fsp3) is 0.417. The fourth-order valence-electron chi connectivity index (χ4n) is 2.38. The second kappa shape index (κ2) is 2.02. The third kappa shape index (κ3) is 0.707. The van der Waals surface area contributed by atoms with Gasteiger partial charge in [-0.1, -0.05) is 12.1 Å². The molecule has 2 atom stereocenters. The Hall–Kier alpha value is -1.31. The zero-order valence-electron chi connectivity index (χ0n) is 8.33. The zero-order valence-corrected chi connectivity index (χ0v) is 8.33. The Kier molecular flexibility index (Phi) is 1.16. The Bertz CT molecular complexity index is 438. The van der Waals surface area contributed by atoms with Gasteiger partial charge in [-0.15, -0.1) is 0 Å². The average molecular weight is 188 g/mol. The lowest BCUT2D eigenvalue weighted by Crippen LogP contribution is -2.33. The Balaban J connectivity index is 2.20. The molecule has 0 aromatic heterocycles. The molecule has 1 aromatic rings. The van der Waals surface area contributed by atoms with Gasteiger partial charge in [0.2, 0.25) is 0 Å². The molecule has 0 amide bonds. The third-order valence-corrected chi connectivity index (χ3v) is 3.70. The number of hydrogen-bond donors (Lipinski definition) is 0. The highest BCUT2D eigenvalue weighted by atomic mass is 16.5. The van der Waals surface area contributed by atoms with Crippen LogP contribution in [0, 0.1) is 5.41 Å². The predicted molar refractivity (Wildman–Crippen MR) is 52.5 cm³/mol. The average Bonchev–Trinajstić information content (AvgIpc) is 2.70. The monoisotopic (exact) mass is 188 g/mol. The van der Waals surface area contributed by atoms with Gasteiger partial charge in [0, 0.05) is 6.42 Å². The molecule has 1 fully saturated rings. The Labute approximate surface area is 82.9 Å². The molecule has 1 aliphatic heterocycles. The maximum atomic E-state index is 12.1. The summed E-state index contributed by atoms with van der Waals surface area (Å²) in [7, 11) is 0. The van der Waals surface area contributed by atoms with Gasteiger partial charge in [0.1, 0.15) is 11.4 Å². The lowest BCUT2D eigenvalue weighted by Gasteiger charge is -2.26. The fourth-order valence-corrected chi connectivity index (χ4v) is 2.38. The number of Topliss-reactive ketones (excluding diaryl/α,β-unsaturated/α-hetero) is 1. The summed E-state index contributed by atoms with van der Waals surface area (Å²) in [6.07, 6.45) is 0.841. The second-order valence-electron chi connectivity index (χ2n) is 4.67. The SMILES string of the molecule is CC12CC1(C)C(=O)c1ccccc1O2. The van der Waals surface area contributed by atoms with Gasteiger partial charge in [0.05, 0.1) is 11.0 Å². The molecule has 0 bridgehead atoms. The molecule has 14 heavy (non-hydrogen) atoms. The van der Waals surface area contributed by atoms with E-state index in [4.69, 9.17) is 4.74 Å². The molecule has 2 nitrogen and oxygen atoms in total. The number of ether oxygens (including phenoxy) is 1. The quantitative estimate of drug-likeness (QED) is 0.625. The first-order chi connectivity index (χ1) is 6.57. The smallest absolute Gasteiger partial charge is 0.176 e. The standard InChI is InChI=1S/C12H12O2/c1-11-7-12(11,2)14-9-6-4-3-5-8(9)10(11)13/h3-6H,7H2,1-2H3. The normalized spacial score (nSPS) is 38.3. The van der Waals surface area contributed by atoms with E-state index in [0.29, 0.717) is 0 Å². The van der Waals surface area contributed by atoms with Crippen LogP contribution in [-0.4, -0.2) is 11.4 Å². The molecule has 0 saturated heterocycles.